The van der Waals surface area contributed by atoms with E-state index in [1.807, 2.05) is 12.1 Å². The topological polar surface area (TPSA) is 100 Å². The minimum atomic E-state index is -5.08. The number of aliphatic carboxylic acids is 1. The first-order chi connectivity index (χ1) is 19.2. The quantitative estimate of drug-likeness (QED) is 0.412. The standard InChI is InChI=1S/C27H29N3O3.C2HF3O2/c31-27(24-8-9-25-26(16-24)33-19-32-25)29-17-20-4-1-6-22(14-20)23-7-2-5-21(15-23)18-30-12-3-10-28-11-13-30;3-2(4,5)1(6)7/h1-2,4-9,14-16,28H,3,10-13,17-19H2,(H,29,31);(H,6,7). The SMILES string of the molecule is O=C(NCc1cccc(-c2cccc(CN3CCCNCC3)c2)c1)c1ccc2c(c1)OCO2.O=C(O)C(F)(F)F. The normalized spacial score (nSPS) is 15.0. The van der Waals surface area contributed by atoms with Crippen LogP contribution in [0.15, 0.2) is 66.7 Å². The number of alkyl halides is 3. The molecule has 0 atom stereocenters. The van der Waals surface area contributed by atoms with E-state index >= 15 is 0 Å². The number of fused-ring (bicyclic) bond motifs is 1. The Morgan fingerprint density at radius 3 is 2.30 bits per heavy atom. The van der Waals surface area contributed by atoms with Gasteiger partial charge in [-0.15, -0.1) is 0 Å². The van der Waals surface area contributed by atoms with Gasteiger partial charge in [-0.1, -0.05) is 36.4 Å². The number of carboxylic acids is 1. The number of rotatable bonds is 6. The van der Waals surface area contributed by atoms with Crippen molar-refractivity contribution in [3.8, 4) is 22.6 Å². The van der Waals surface area contributed by atoms with Crippen LogP contribution in [0, 0.1) is 0 Å². The van der Waals surface area contributed by atoms with Crippen molar-refractivity contribution in [1.29, 1.82) is 0 Å². The maximum atomic E-state index is 12.6. The molecular weight excluding hydrogens is 527 g/mol. The molecule has 0 bridgehead atoms. The molecule has 5 rings (SSSR count). The lowest BCUT2D eigenvalue weighted by molar-refractivity contribution is -0.192. The number of halogens is 3. The van der Waals surface area contributed by atoms with E-state index < -0.39 is 12.1 Å². The highest BCUT2D eigenvalue weighted by molar-refractivity contribution is 5.94. The summed E-state index contributed by atoms with van der Waals surface area (Å²) in [7, 11) is 0. The highest BCUT2D eigenvalue weighted by Crippen LogP contribution is 2.32. The van der Waals surface area contributed by atoms with Crippen molar-refractivity contribution in [2.24, 2.45) is 0 Å². The predicted molar refractivity (Wildman–Crippen MR) is 142 cm³/mol. The number of carbonyl (C=O) groups excluding carboxylic acids is 1. The summed E-state index contributed by atoms with van der Waals surface area (Å²) in [5.41, 5.74) is 5.31. The molecule has 3 aromatic carbocycles. The zero-order valence-corrected chi connectivity index (χ0v) is 21.7. The Hall–Kier alpha value is -4.09. The number of ether oxygens (including phenoxy) is 2. The highest BCUT2D eigenvalue weighted by Gasteiger charge is 2.38. The molecule has 0 radical (unpaired) electrons. The van der Waals surface area contributed by atoms with Crippen LogP contribution in [0.25, 0.3) is 11.1 Å². The monoisotopic (exact) mass is 557 g/mol. The van der Waals surface area contributed by atoms with Crippen LogP contribution in [0.3, 0.4) is 0 Å². The number of amides is 1. The van der Waals surface area contributed by atoms with Gasteiger partial charge < -0.3 is 25.2 Å². The maximum Gasteiger partial charge on any atom is 0.490 e. The molecule has 0 aliphatic carbocycles. The third-order valence-electron chi connectivity index (χ3n) is 6.36. The van der Waals surface area contributed by atoms with Gasteiger partial charge in [-0.05, 0) is 72.1 Å². The molecule has 0 unspecified atom stereocenters. The zero-order valence-electron chi connectivity index (χ0n) is 21.7. The molecule has 2 aliphatic heterocycles. The number of benzene rings is 3. The lowest BCUT2D eigenvalue weighted by Gasteiger charge is -2.19. The van der Waals surface area contributed by atoms with Crippen LogP contribution in [0.4, 0.5) is 13.2 Å². The third kappa shape index (κ3) is 8.20. The van der Waals surface area contributed by atoms with Crippen molar-refractivity contribution in [1.82, 2.24) is 15.5 Å². The van der Waals surface area contributed by atoms with Crippen LogP contribution in [-0.2, 0) is 17.9 Å². The summed E-state index contributed by atoms with van der Waals surface area (Å²) in [6.07, 6.45) is -3.89. The first-order valence-electron chi connectivity index (χ1n) is 12.8. The summed E-state index contributed by atoms with van der Waals surface area (Å²) in [4.78, 5) is 24.0. The first-order valence-corrected chi connectivity index (χ1v) is 12.8. The van der Waals surface area contributed by atoms with Gasteiger partial charge in [-0.3, -0.25) is 9.69 Å². The highest BCUT2D eigenvalue weighted by atomic mass is 19.4. The van der Waals surface area contributed by atoms with E-state index in [1.165, 1.54) is 17.5 Å². The molecule has 0 spiro atoms. The smallest absolute Gasteiger partial charge is 0.475 e. The molecule has 2 heterocycles. The lowest BCUT2D eigenvalue weighted by Crippen LogP contribution is -2.27. The summed E-state index contributed by atoms with van der Waals surface area (Å²) in [5, 5.41) is 13.6. The van der Waals surface area contributed by atoms with Gasteiger partial charge in [0.2, 0.25) is 6.79 Å². The Kier molecular flexibility index (Phi) is 9.62. The van der Waals surface area contributed by atoms with Crippen molar-refractivity contribution in [3.05, 3.63) is 83.4 Å². The molecule has 0 saturated carbocycles. The molecule has 11 heteroatoms. The van der Waals surface area contributed by atoms with Gasteiger partial charge in [0.25, 0.3) is 5.91 Å². The van der Waals surface area contributed by atoms with E-state index in [1.54, 1.807) is 18.2 Å². The molecule has 1 fully saturated rings. The predicted octanol–water partition coefficient (Wildman–Crippen LogP) is 4.44. The van der Waals surface area contributed by atoms with Gasteiger partial charge in [0.15, 0.2) is 11.5 Å². The van der Waals surface area contributed by atoms with E-state index in [0.29, 0.717) is 23.6 Å². The summed E-state index contributed by atoms with van der Waals surface area (Å²) < 4.78 is 42.4. The fourth-order valence-corrected chi connectivity index (χ4v) is 4.35. The number of carbonyl (C=O) groups is 2. The van der Waals surface area contributed by atoms with E-state index in [0.717, 1.165) is 43.9 Å². The summed E-state index contributed by atoms with van der Waals surface area (Å²) in [5.74, 6) is -1.60. The molecule has 212 valence electrons. The molecule has 3 aromatic rings. The Bertz CT molecular complexity index is 1320. The molecule has 40 heavy (non-hydrogen) atoms. The van der Waals surface area contributed by atoms with E-state index in [9.17, 15) is 18.0 Å². The van der Waals surface area contributed by atoms with Gasteiger partial charge >= 0.3 is 12.1 Å². The number of carboxylic acid groups (broad SMARTS) is 1. The van der Waals surface area contributed by atoms with Crippen LogP contribution in [0.5, 0.6) is 11.5 Å². The number of nitrogens with one attached hydrogen (secondary N) is 2. The van der Waals surface area contributed by atoms with Gasteiger partial charge in [-0.2, -0.15) is 13.2 Å². The number of nitrogens with zero attached hydrogens (tertiary/aromatic N) is 1. The van der Waals surface area contributed by atoms with Crippen molar-refractivity contribution in [2.45, 2.75) is 25.7 Å². The third-order valence-corrected chi connectivity index (χ3v) is 6.36. The number of hydrogen-bond donors (Lipinski definition) is 3. The van der Waals surface area contributed by atoms with E-state index in [2.05, 4.69) is 51.9 Å². The average molecular weight is 558 g/mol. The summed E-state index contributed by atoms with van der Waals surface area (Å²) in [6, 6.07) is 22.4. The van der Waals surface area contributed by atoms with Crippen LogP contribution in [0.2, 0.25) is 0 Å². The van der Waals surface area contributed by atoms with Crippen molar-refractivity contribution < 1.29 is 37.3 Å². The Labute approximate surface area is 229 Å². The fraction of sp³-hybridized carbons (Fsp3) is 0.310. The van der Waals surface area contributed by atoms with Crippen LogP contribution in [-0.4, -0.2) is 61.0 Å². The number of hydrogen-bond acceptors (Lipinski definition) is 6. The summed E-state index contributed by atoms with van der Waals surface area (Å²) in [6.45, 7) is 6.01. The molecule has 1 saturated heterocycles. The maximum absolute atomic E-state index is 12.6. The van der Waals surface area contributed by atoms with Crippen LogP contribution in [0.1, 0.15) is 27.9 Å². The molecule has 3 N–H and O–H groups in total. The first kappa shape index (κ1) is 28.9. The Balaban J connectivity index is 0.000000470. The van der Waals surface area contributed by atoms with Crippen molar-refractivity contribution in [2.75, 3.05) is 33.0 Å². The molecule has 1 amide bonds. The van der Waals surface area contributed by atoms with Gasteiger partial charge in [0.05, 0.1) is 0 Å². The molecular formula is C29H30F3N3O5. The molecule has 2 aliphatic rings. The van der Waals surface area contributed by atoms with Crippen molar-refractivity contribution >= 4 is 11.9 Å². The fourth-order valence-electron chi connectivity index (χ4n) is 4.35. The Morgan fingerprint density at radius 1 is 0.900 bits per heavy atom. The van der Waals surface area contributed by atoms with Crippen molar-refractivity contribution in [3.63, 3.8) is 0 Å². The second-order valence-corrected chi connectivity index (χ2v) is 9.33. The molecule has 8 nitrogen and oxygen atoms in total. The minimum Gasteiger partial charge on any atom is -0.475 e. The zero-order chi connectivity index (χ0) is 28.5. The Morgan fingerprint density at radius 2 is 1.57 bits per heavy atom. The second-order valence-electron chi connectivity index (χ2n) is 9.33. The van der Waals surface area contributed by atoms with Gasteiger partial charge in [-0.25, -0.2) is 4.79 Å². The lowest BCUT2D eigenvalue weighted by atomic mass is 10.0. The molecule has 0 aromatic heterocycles. The second kappa shape index (κ2) is 13.3. The van der Waals surface area contributed by atoms with Crippen LogP contribution < -0.4 is 20.1 Å². The average Bonchev–Trinajstić information content (AvgIpc) is 3.27. The largest absolute Gasteiger partial charge is 0.490 e. The minimum absolute atomic E-state index is 0.132. The van der Waals surface area contributed by atoms with E-state index in [4.69, 9.17) is 19.4 Å². The van der Waals surface area contributed by atoms with Crippen LogP contribution >= 0.6 is 0 Å². The summed E-state index contributed by atoms with van der Waals surface area (Å²) >= 11 is 0. The van der Waals surface area contributed by atoms with Gasteiger partial charge in [0.1, 0.15) is 0 Å². The van der Waals surface area contributed by atoms with Gasteiger partial charge in [0, 0.05) is 31.7 Å². The van der Waals surface area contributed by atoms with E-state index in [-0.39, 0.29) is 12.7 Å².